The number of guanidine groups is 1. The second kappa shape index (κ2) is 10.9. The Morgan fingerprint density at radius 1 is 1.23 bits per heavy atom. The molecule has 0 spiro atoms. The highest BCUT2D eigenvalue weighted by Crippen LogP contribution is 2.27. The Labute approximate surface area is 173 Å². The number of benzene rings is 1. The molecule has 1 saturated carbocycles. The van der Waals surface area contributed by atoms with Crippen molar-refractivity contribution < 1.29 is 9.47 Å². The first-order valence-corrected chi connectivity index (χ1v) is 9.20. The van der Waals surface area contributed by atoms with Crippen LogP contribution in [0.2, 0.25) is 0 Å². The first kappa shape index (κ1) is 21.2. The predicted molar refractivity (Wildman–Crippen MR) is 116 cm³/mol. The zero-order valence-electron chi connectivity index (χ0n) is 15.7. The fourth-order valence-corrected chi connectivity index (χ4v) is 3.15. The van der Waals surface area contributed by atoms with E-state index in [1.165, 1.54) is 18.4 Å². The quantitative estimate of drug-likeness (QED) is 0.361. The average Bonchev–Trinajstić information content (AvgIpc) is 3.50. The summed E-state index contributed by atoms with van der Waals surface area (Å²) in [4.78, 5) is 6.84. The minimum absolute atomic E-state index is 0. The van der Waals surface area contributed by atoms with Crippen molar-refractivity contribution >= 4 is 29.9 Å². The maximum Gasteiger partial charge on any atom is 0.191 e. The van der Waals surface area contributed by atoms with Gasteiger partial charge in [-0.1, -0.05) is 12.1 Å². The molecule has 1 aliphatic heterocycles. The highest BCUT2D eigenvalue weighted by molar-refractivity contribution is 14.0. The number of morpholine rings is 1. The highest BCUT2D eigenvalue weighted by atomic mass is 127. The summed E-state index contributed by atoms with van der Waals surface area (Å²) in [6, 6.07) is 8.66. The summed E-state index contributed by atoms with van der Waals surface area (Å²) in [5.74, 6) is 2.60. The molecule has 2 N–H and O–H groups in total. The van der Waals surface area contributed by atoms with Gasteiger partial charge in [0.2, 0.25) is 0 Å². The molecule has 1 saturated heterocycles. The summed E-state index contributed by atoms with van der Waals surface area (Å²) in [6.45, 7) is 5.32. The number of methoxy groups -OCH3 is 1. The van der Waals surface area contributed by atoms with Gasteiger partial charge in [-0.2, -0.15) is 0 Å². The van der Waals surface area contributed by atoms with Gasteiger partial charge in [-0.25, -0.2) is 0 Å². The number of nitrogens with one attached hydrogen (secondary N) is 2. The third-order valence-electron chi connectivity index (χ3n) is 4.93. The number of nitrogens with zero attached hydrogens (tertiary/aromatic N) is 2. The van der Waals surface area contributed by atoms with E-state index in [4.69, 9.17) is 9.47 Å². The van der Waals surface area contributed by atoms with Crippen molar-refractivity contribution in [1.82, 2.24) is 15.5 Å². The summed E-state index contributed by atoms with van der Waals surface area (Å²) in [7, 11) is 3.53. The number of hydrogen-bond donors (Lipinski definition) is 2. The molecular weight excluding hydrogens is 443 g/mol. The number of aliphatic imine (C=N–C) groups is 1. The van der Waals surface area contributed by atoms with E-state index in [1.807, 2.05) is 19.2 Å². The van der Waals surface area contributed by atoms with Gasteiger partial charge in [0.25, 0.3) is 0 Å². The number of ether oxygens (including phenoxy) is 2. The Kier molecular flexibility index (Phi) is 8.94. The van der Waals surface area contributed by atoms with Crippen LogP contribution in [0.3, 0.4) is 0 Å². The van der Waals surface area contributed by atoms with E-state index in [0.717, 1.165) is 57.0 Å². The van der Waals surface area contributed by atoms with Crippen LogP contribution in [-0.4, -0.2) is 64.4 Å². The summed E-state index contributed by atoms with van der Waals surface area (Å²) in [5, 5.41) is 6.94. The second-order valence-electron chi connectivity index (χ2n) is 6.71. The maximum absolute atomic E-state index is 5.52. The third-order valence-corrected chi connectivity index (χ3v) is 4.93. The lowest BCUT2D eigenvalue weighted by atomic mass is 10.0. The van der Waals surface area contributed by atoms with Gasteiger partial charge in [-0.3, -0.25) is 9.89 Å². The van der Waals surface area contributed by atoms with Crippen molar-refractivity contribution in [3.05, 3.63) is 29.8 Å². The maximum atomic E-state index is 5.52. The van der Waals surface area contributed by atoms with Crippen molar-refractivity contribution in [3.63, 3.8) is 0 Å². The minimum Gasteiger partial charge on any atom is -0.497 e. The van der Waals surface area contributed by atoms with Gasteiger partial charge < -0.3 is 20.1 Å². The molecule has 26 heavy (non-hydrogen) atoms. The van der Waals surface area contributed by atoms with Crippen LogP contribution in [0.1, 0.15) is 24.4 Å². The molecule has 2 aliphatic rings. The first-order chi connectivity index (χ1) is 12.3. The molecule has 2 fully saturated rings. The molecule has 1 aliphatic carbocycles. The van der Waals surface area contributed by atoms with E-state index >= 15 is 0 Å². The van der Waals surface area contributed by atoms with E-state index in [0.29, 0.717) is 0 Å². The molecule has 1 aromatic rings. The smallest absolute Gasteiger partial charge is 0.191 e. The molecule has 0 aromatic heterocycles. The normalized spacial score (nSPS) is 19.4. The molecular formula is C19H31IN4O2. The SMILES string of the molecule is CN=C(NCC1CC1)NCC(c1ccc(OC)cc1)N1CCOCC1.I. The number of hydrogen-bond acceptors (Lipinski definition) is 4. The van der Waals surface area contributed by atoms with E-state index in [9.17, 15) is 0 Å². The minimum atomic E-state index is 0. The van der Waals surface area contributed by atoms with Crippen LogP contribution in [-0.2, 0) is 4.74 Å². The standard InChI is InChI=1S/C19H30N4O2.HI/c1-20-19(21-13-15-3-4-15)22-14-18(23-9-11-25-12-10-23)16-5-7-17(24-2)8-6-16;/h5-8,15,18H,3-4,9-14H2,1-2H3,(H2,20,21,22);1H. The fourth-order valence-electron chi connectivity index (χ4n) is 3.15. The second-order valence-corrected chi connectivity index (χ2v) is 6.71. The summed E-state index contributed by atoms with van der Waals surface area (Å²) in [5.41, 5.74) is 1.29. The van der Waals surface area contributed by atoms with Gasteiger partial charge in [0.15, 0.2) is 5.96 Å². The summed E-state index contributed by atoms with van der Waals surface area (Å²) >= 11 is 0. The van der Waals surface area contributed by atoms with Gasteiger partial charge in [0.1, 0.15) is 5.75 Å². The van der Waals surface area contributed by atoms with Crippen LogP contribution in [0.5, 0.6) is 5.75 Å². The Morgan fingerprint density at radius 3 is 2.50 bits per heavy atom. The van der Waals surface area contributed by atoms with Crippen molar-refractivity contribution in [3.8, 4) is 5.75 Å². The highest BCUT2D eigenvalue weighted by Gasteiger charge is 2.24. The predicted octanol–water partition coefficient (Wildman–Crippen LogP) is 2.26. The van der Waals surface area contributed by atoms with E-state index in [1.54, 1.807) is 7.11 Å². The topological polar surface area (TPSA) is 58.1 Å². The van der Waals surface area contributed by atoms with Crippen molar-refractivity contribution in [2.45, 2.75) is 18.9 Å². The molecule has 1 aromatic carbocycles. The lowest BCUT2D eigenvalue weighted by Gasteiger charge is -2.35. The monoisotopic (exact) mass is 474 g/mol. The fraction of sp³-hybridized carbons (Fsp3) is 0.632. The molecule has 6 nitrogen and oxygen atoms in total. The lowest BCUT2D eigenvalue weighted by molar-refractivity contribution is 0.0170. The van der Waals surface area contributed by atoms with Gasteiger partial charge in [0.05, 0.1) is 26.4 Å². The lowest BCUT2D eigenvalue weighted by Crippen LogP contribution is -2.46. The molecule has 1 heterocycles. The van der Waals surface area contributed by atoms with Crippen molar-refractivity contribution in [1.29, 1.82) is 0 Å². The van der Waals surface area contributed by atoms with Crippen LogP contribution in [0, 0.1) is 5.92 Å². The zero-order chi connectivity index (χ0) is 17.5. The zero-order valence-corrected chi connectivity index (χ0v) is 18.1. The van der Waals surface area contributed by atoms with Gasteiger partial charge in [-0.15, -0.1) is 24.0 Å². The molecule has 1 atom stereocenters. The molecule has 0 amide bonds. The van der Waals surface area contributed by atoms with E-state index in [2.05, 4.69) is 32.7 Å². The van der Waals surface area contributed by atoms with Crippen molar-refractivity contribution in [2.75, 3.05) is 53.6 Å². The number of rotatable bonds is 7. The van der Waals surface area contributed by atoms with Crippen LogP contribution in [0.15, 0.2) is 29.3 Å². The van der Waals surface area contributed by atoms with Crippen LogP contribution < -0.4 is 15.4 Å². The molecule has 1 unspecified atom stereocenters. The summed E-state index contributed by atoms with van der Waals surface area (Å²) < 4.78 is 10.8. The third kappa shape index (κ3) is 6.28. The Hall–Kier alpha value is -1.06. The molecule has 7 heteroatoms. The van der Waals surface area contributed by atoms with Gasteiger partial charge in [0, 0.05) is 33.2 Å². The van der Waals surface area contributed by atoms with Crippen LogP contribution in [0.4, 0.5) is 0 Å². The Balaban J connectivity index is 0.00000243. The molecule has 146 valence electrons. The first-order valence-electron chi connectivity index (χ1n) is 9.20. The molecule has 0 radical (unpaired) electrons. The van der Waals surface area contributed by atoms with Crippen LogP contribution in [0.25, 0.3) is 0 Å². The largest absolute Gasteiger partial charge is 0.497 e. The Bertz CT molecular complexity index is 557. The molecule has 0 bridgehead atoms. The average molecular weight is 474 g/mol. The Morgan fingerprint density at radius 2 is 1.92 bits per heavy atom. The van der Waals surface area contributed by atoms with Crippen LogP contribution >= 0.6 is 24.0 Å². The van der Waals surface area contributed by atoms with Crippen molar-refractivity contribution in [2.24, 2.45) is 10.9 Å². The van der Waals surface area contributed by atoms with E-state index < -0.39 is 0 Å². The van der Waals surface area contributed by atoms with Gasteiger partial charge in [-0.05, 0) is 36.5 Å². The van der Waals surface area contributed by atoms with Gasteiger partial charge >= 0.3 is 0 Å². The van der Waals surface area contributed by atoms with E-state index in [-0.39, 0.29) is 30.0 Å². The number of halogens is 1. The molecule has 3 rings (SSSR count). The summed E-state index contributed by atoms with van der Waals surface area (Å²) in [6.07, 6.45) is 2.68.